The molecule has 11 heteroatoms. The maximum absolute atomic E-state index is 14.8. The predicted octanol–water partition coefficient (Wildman–Crippen LogP) is 5.11. The number of hydrogen-bond donors (Lipinski definition) is 2. The summed E-state index contributed by atoms with van der Waals surface area (Å²) in [4.78, 5) is 37.7. The van der Waals surface area contributed by atoms with Crippen LogP contribution in [0, 0.1) is 17.0 Å². The second kappa shape index (κ2) is 8.88. The number of hydrogen-bond acceptors (Lipinski definition) is 6. The SMILES string of the molecule is O=C(Nc1ccc(F)cc1)C1(C(=O)Nc2ccc(Oc3ccnc4ncc(Cl)nc34)c(F)c2)CC1. The number of fused-ring (bicyclic) bond motifs is 1. The lowest BCUT2D eigenvalue weighted by atomic mass is 10.0. The normalized spacial score (nSPS) is 13.8. The monoisotopic (exact) mass is 495 g/mol. The number of ether oxygens (including phenoxy) is 1. The van der Waals surface area contributed by atoms with Gasteiger partial charge in [-0.3, -0.25) is 9.59 Å². The van der Waals surface area contributed by atoms with Crippen molar-refractivity contribution in [3.05, 3.63) is 77.7 Å². The number of anilines is 2. The number of aromatic nitrogens is 3. The molecule has 2 amide bonds. The molecule has 1 fully saturated rings. The molecule has 5 rings (SSSR count). The third-order valence-corrected chi connectivity index (χ3v) is 5.69. The van der Waals surface area contributed by atoms with Gasteiger partial charge in [0.1, 0.15) is 16.4 Å². The van der Waals surface area contributed by atoms with Crippen LogP contribution >= 0.6 is 11.6 Å². The molecule has 0 atom stereocenters. The van der Waals surface area contributed by atoms with Crippen LogP contribution in [0.4, 0.5) is 20.2 Å². The number of pyridine rings is 1. The average Bonchev–Trinajstić information content (AvgIpc) is 3.65. The molecule has 35 heavy (non-hydrogen) atoms. The van der Waals surface area contributed by atoms with Crippen LogP contribution in [0.25, 0.3) is 11.2 Å². The topological polar surface area (TPSA) is 106 Å². The summed E-state index contributed by atoms with van der Waals surface area (Å²) in [7, 11) is 0. The number of nitrogens with one attached hydrogen (secondary N) is 2. The van der Waals surface area contributed by atoms with Crippen molar-refractivity contribution in [1.29, 1.82) is 0 Å². The van der Waals surface area contributed by atoms with Crippen molar-refractivity contribution in [3.8, 4) is 11.5 Å². The molecule has 1 aliphatic carbocycles. The fraction of sp³-hybridized carbons (Fsp3) is 0.125. The van der Waals surface area contributed by atoms with Gasteiger partial charge in [0.05, 0.1) is 6.20 Å². The smallest absolute Gasteiger partial charge is 0.240 e. The largest absolute Gasteiger partial charge is 0.452 e. The Labute approximate surface area is 202 Å². The molecule has 0 aliphatic heterocycles. The minimum Gasteiger partial charge on any atom is -0.452 e. The van der Waals surface area contributed by atoms with Gasteiger partial charge in [-0.2, -0.15) is 0 Å². The molecule has 2 aromatic heterocycles. The van der Waals surface area contributed by atoms with E-state index in [1.807, 2.05) is 0 Å². The number of carbonyl (C=O) groups excluding carboxylic acids is 2. The number of carbonyl (C=O) groups is 2. The molecule has 0 unspecified atom stereocenters. The van der Waals surface area contributed by atoms with Gasteiger partial charge in [0.15, 0.2) is 28.5 Å². The van der Waals surface area contributed by atoms with E-state index in [0.29, 0.717) is 18.5 Å². The van der Waals surface area contributed by atoms with Gasteiger partial charge in [0.2, 0.25) is 11.8 Å². The molecule has 1 aliphatic rings. The van der Waals surface area contributed by atoms with Crippen LogP contribution in [0.5, 0.6) is 11.5 Å². The van der Waals surface area contributed by atoms with Gasteiger partial charge in [0, 0.05) is 29.7 Å². The fourth-order valence-electron chi connectivity index (χ4n) is 3.45. The molecule has 0 radical (unpaired) electrons. The zero-order valence-corrected chi connectivity index (χ0v) is 18.6. The molecular weight excluding hydrogens is 480 g/mol. The van der Waals surface area contributed by atoms with Crippen molar-refractivity contribution < 1.29 is 23.1 Å². The molecule has 176 valence electrons. The zero-order chi connectivity index (χ0) is 24.6. The first kappa shape index (κ1) is 22.6. The van der Waals surface area contributed by atoms with Gasteiger partial charge in [-0.15, -0.1) is 0 Å². The fourth-order valence-corrected chi connectivity index (χ4v) is 3.59. The first-order valence-corrected chi connectivity index (χ1v) is 10.8. The zero-order valence-electron chi connectivity index (χ0n) is 17.9. The van der Waals surface area contributed by atoms with E-state index in [-0.39, 0.29) is 33.5 Å². The van der Waals surface area contributed by atoms with Crippen molar-refractivity contribution in [2.24, 2.45) is 5.41 Å². The molecule has 0 saturated heterocycles. The van der Waals surface area contributed by atoms with E-state index in [4.69, 9.17) is 16.3 Å². The Hall–Kier alpha value is -4.18. The van der Waals surface area contributed by atoms with Crippen molar-refractivity contribution in [2.45, 2.75) is 12.8 Å². The second-order valence-corrected chi connectivity index (χ2v) is 8.31. The third kappa shape index (κ3) is 4.60. The number of amides is 2. The van der Waals surface area contributed by atoms with E-state index in [9.17, 15) is 18.4 Å². The van der Waals surface area contributed by atoms with Crippen molar-refractivity contribution in [2.75, 3.05) is 10.6 Å². The Balaban J connectivity index is 1.29. The summed E-state index contributed by atoms with van der Waals surface area (Å²) in [5, 5.41) is 5.33. The van der Waals surface area contributed by atoms with Crippen LogP contribution in [-0.4, -0.2) is 26.8 Å². The lowest BCUT2D eigenvalue weighted by molar-refractivity contribution is -0.131. The van der Waals surface area contributed by atoms with E-state index >= 15 is 0 Å². The van der Waals surface area contributed by atoms with Crippen molar-refractivity contribution in [3.63, 3.8) is 0 Å². The highest BCUT2D eigenvalue weighted by molar-refractivity contribution is 6.29. The summed E-state index contributed by atoms with van der Waals surface area (Å²) in [5.74, 6) is -2.17. The van der Waals surface area contributed by atoms with Crippen LogP contribution in [-0.2, 0) is 9.59 Å². The number of nitrogens with zero attached hydrogens (tertiary/aromatic N) is 3. The van der Waals surface area contributed by atoms with Crippen molar-refractivity contribution in [1.82, 2.24) is 15.0 Å². The Morgan fingerprint density at radius 2 is 1.60 bits per heavy atom. The maximum Gasteiger partial charge on any atom is 0.240 e. The van der Waals surface area contributed by atoms with E-state index in [1.54, 1.807) is 0 Å². The maximum atomic E-state index is 14.8. The predicted molar refractivity (Wildman–Crippen MR) is 124 cm³/mol. The van der Waals surface area contributed by atoms with Crippen LogP contribution in [0.3, 0.4) is 0 Å². The molecule has 4 aromatic rings. The quantitative estimate of drug-likeness (QED) is 0.360. The van der Waals surface area contributed by atoms with Gasteiger partial charge in [-0.05, 0) is 49.2 Å². The van der Waals surface area contributed by atoms with Crippen LogP contribution < -0.4 is 15.4 Å². The summed E-state index contributed by atoms with van der Waals surface area (Å²) < 4.78 is 33.5. The number of halogens is 3. The summed E-state index contributed by atoms with van der Waals surface area (Å²) in [6, 6.07) is 10.6. The Morgan fingerprint density at radius 1 is 0.914 bits per heavy atom. The van der Waals surface area contributed by atoms with Gasteiger partial charge in [-0.1, -0.05) is 11.6 Å². The standard InChI is InChI=1S/C24H16ClF2N5O3/c25-19-12-29-21-20(32-19)18(7-10-28-21)35-17-6-5-15(11-16(17)27)31-23(34)24(8-9-24)22(33)30-14-3-1-13(26)2-4-14/h1-7,10-12H,8-9H2,(H,30,33)(H,31,34). The van der Waals surface area contributed by atoms with E-state index < -0.39 is 28.9 Å². The second-order valence-electron chi connectivity index (χ2n) is 7.92. The minimum atomic E-state index is -1.27. The highest BCUT2D eigenvalue weighted by atomic mass is 35.5. The third-order valence-electron chi connectivity index (χ3n) is 5.51. The molecule has 8 nitrogen and oxygen atoms in total. The number of rotatable bonds is 6. The number of benzene rings is 2. The van der Waals surface area contributed by atoms with Gasteiger partial charge in [0.25, 0.3) is 0 Å². The summed E-state index contributed by atoms with van der Waals surface area (Å²) >= 11 is 5.90. The Kier molecular flexibility index (Phi) is 5.73. The highest BCUT2D eigenvalue weighted by Crippen LogP contribution is 2.47. The van der Waals surface area contributed by atoms with Gasteiger partial charge in [-0.25, -0.2) is 23.7 Å². The lowest BCUT2D eigenvalue weighted by Crippen LogP contribution is -2.35. The van der Waals surface area contributed by atoms with Gasteiger partial charge < -0.3 is 15.4 Å². The van der Waals surface area contributed by atoms with Crippen LogP contribution in [0.15, 0.2) is 60.9 Å². The molecular formula is C24H16ClF2N5O3. The molecule has 2 N–H and O–H groups in total. The van der Waals surface area contributed by atoms with Crippen molar-refractivity contribution >= 4 is 46.0 Å². The summed E-state index contributed by atoms with van der Waals surface area (Å²) in [5.41, 5.74) is -0.196. The molecule has 0 spiro atoms. The molecule has 1 saturated carbocycles. The molecule has 2 heterocycles. The summed E-state index contributed by atoms with van der Waals surface area (Å²) in [6.45, 7) is 0. The molecule has 0 bridgehead atoms. The van der Waals surface area contributed by atoms with Crippen LogP contribution in [0.1, 0.15) is 12.8 Å². The highest BCUT2D eigenvalue weighted by Gasteiger charge is 2.56. The van der Waals surface area contributed by atoms with Gasteiger partial charge >= 0.3 is 0 Å². The summed E-state index contributed by atoms with van der Waals surface area (Å²) in [6.07, 6.45) is 3.46. The Morgan fingerprint density at radius 3 is 2.29 bits per heavy atom. The first-order chi connectivity index (χ1) is 16.8. The molecule has 2 aromatic carbocycles. The van der Waals surface area contributed by atoms with E-state index in [1.165, 1.54) is 54.9 Å². The minimum absolute atomic E-state index is 0.118. The average molecular weight is 496 g/mol. The Bertz CT molecular complexity index is 1460. The lowest BCUT2D eigenvalue weighted by Gasteiger charge is -2.16. The van der Waals surface area contributed by atoms with E-state index in [2.05, 4.69) is 25.6 Å². The van der Waals surface area contributed by atoms with E-state index in [0.717, 1.165) is 6.07 Å². The van der Waals surface area contributed by atoms with Crippen LogP contribution in [0.2, 0.25) is 5.15 Å². The first-order valence-electron chi connectivity index (χ1n) is 10.5.